The Hall–Kier alpha value is -2.31. The molecule has 0 radical (unpaired) electrons. The monoisotopic (exact) mass is 288 g/mol. The van der Waals surface area contributed by atoms with Crippen LogP contribution in [0.15, 0.2) is 12.4 Å². The van der Waals surface area contributed by atoms with E-state index < -0.39 is 5.97 Å². The van der Waals surface area contributed by atoms with Gasteiger partial charge in [0, 0.05) is 0 Å². The van der Waals surface area contributed by atoms with Crippen LogP contribution in [0.5, 0.6) is 5.75 Å². The van der Waals surface area contributed by atoms with Gasteiger partial charge in [0.05, 0.1) is 25.0 Å². The Morgan fingerprint density at radius 3 is 3.19 bits per heavy atom. The second kappa shape index (κ2) is 4.61. The number of aromatic nitrogens is 3. The molecule has 0 spiro atoms. The van der Waals surface area contributed by atoms with Gasteiger partial charge in [0.2, 0.25) is 0 Å². The summed E-state index contributed by atoms with van der Waals surface area (Å²) in [5.74, 6) is 1.61. The third-order valence-corrected chi connectivity index (χ3v) is 3.89. The first-order valence-corrected chi connectivity index (χ1v) is 7.21. The second-order valence-electron chi connectivity index (χ2n) is 5.40. The maximum absolute atomic E-state index is 11.9. The van der Waals surface area contributed by atoms with Crippen molar-refractivity contribution in [2.45, 2.75) is 25.8 Å². The van der Waals surface area contributed by atoms with E-state index in [4.69, 9.17) is 9.47 Å². The maximum atomic E-state index is 11.9. The fourth-order valence-corrected chi connectivity index (χ4v) is 2.61. The van der Waals surface area contributed by atoms with Gasteiger partial charge in [0.25, 0.3) is 0 Å². The van der Waals surface area contributed by atoms with Crippen molar-refractivity contribution in [2.24, 2.45) is 5.92 Å². The van der Waals surface area contributed by atoms with E-state index >= 15 is 0 Å². The average molecular weight is 288 g/mol. The van der Waals surface area contributed by atoms with E-state index in [1.165, 1.54) is 19.0 Å². The van der Waals surface area contributed by atoms with Gasteiger partial charge in [-0.1, -0.05) is 0 Å². The molecule has 1 fully saturated rings. The molecule has 110 valence electrons. The van der Waals surface area contributed by atoms with Crippen molar-refractivity contribution >= 4 is 17.4 Å². The Morgan fingerprint density at radius 1 is 1.57 bits per heavy atom. The summed E-state index contributed by atoms with van der Waals surface area (Å²) in [5.41, 5.74) is 0.856. The van der Waals surface area contributed by atoms with Gasteiger partial charge in [-0.3, -0.25) is 0 Å². The van der Waals surface area contributed by atoms with Gasteiger partial charge in [-0.15, -0.1) is 0 Å². The first-order valence-electron chi connectivity index (χ1n) is 7.21. The Morgan fingerprint density at radius 2 is 2.43 bits per heavy atom. The minimum atomic E-state index is -0.407. The summed E-state index contributed by atoms with van der Waals surface area (Å²) < 4.78 is 12.3. The number of ether oxygens (including phenoxy) is 2. The third-order valence-electron chi connectivity index (χ3n) is 3.89. The summed E-state index contributed by atoms with van der Waals surface area (Å²) >= 11 is 0. The topological polar surface area (TPSA) is 77.8 Å². The molecule has 1 N–H and O–H groups in total. The van der Waals surface area contributed by atoms with Crippen molar-refractivity contribution in [1.29, 1.82) is 0 Å². The van der Waals surface area contributed by atoms with Crippen molar-refractivity contribution in [3.63, 3.8) is 0 Å². The van der Waals surface area contributed by atoms with Gasteiger partial charge >= 0.3 is 5.97 Å². The van der Waals surface area contributed by atoms with Crippen LogP contribution in [-0.4, -0.2) is 39.8 Å². The largest absolute Gasteiger partial charge is 0.486 e. The van der Waals surface area contributed by atoms with Gasteiger partial charge in [0.15, 0.2) is 17.2 Å². The molecule has 1 aliphatic heterocycles. The van der Waals surface area contributed by atoms with Crippen LogP contribution >= 0.6 is 0 Å². The molecule has 1 aliphatic carbocycles. The molecule has 1 atom stereocenters. The van der Waals surface area contributed by atoms with Crippen LogP contribution < -0.4 is 10.1 Å². The molecular weight excluding hydrogens is 272 g/mol. The Bertz CT molecular complexity index is 708. The summed E-state index contributed by atoms with van der Waals surface area (Å²) in [6.07, 6.45) is 5.69. The molecule has 4 rings (SSSR count). The molecule has 2 aliphatic rings. The zero-order chi connectivity index (χ0) is 14.4. The highest BCUT2D eigenvalue weighted by Gasteiger charge is 2.35. The summed E-state index contributed by atoms with van der Waals surface area (Å²) in [4.78, 5) is 16.4. The Labute approximate surface area is 121 Å². The van der Waals surface area contributed by atoms with Crippen LogP contribution in [0.1, 0.15) is 30.1 Å². The molecule has 21 heavy (non-hydrogen) atoms. The molecule has 2 aromatic rings. The van der Waals surface area contributed by atoms with Crippen LogP contribution in [0.4, 0.5) is 5.82 Å². The number of rotatable bonds is 3. The van der Waals surface area contributed by atoms with Gasteiger partial charge in [0.1, 0.15) is 12.2 Å². The first kappa shape index (κ1) is 12.4. The maximum Gasteiger partial charge on any atom is 0.343 e. The first-order chi connectivity index (χ1) is 10.3. The molecule has 0 saturated heterocycles. The number of hydrogen-bond donors (Lipinski definition) is 1. The molecule has 7 heteroatoms. The number of anilines is 1. The number of nitrogens with one attached hydrogen (secondary N) is 1. The lowest BCUT2D eigenvalue weighted by Gasteiger charge is -2.26. The molecule has 7 nitrogen and oxygen atoms in total. The number of nitrogens with zero attached hydrogens (tertiary/aromatic N) is 3. The third kappa shape index (κ3) is 2.09. The smallest absolute Gasteiger partial charge is 0.343 e. The van der Waals surface area contributed by atoms with E-state index in [1.54, 1.807) is 17.6 Å². The summed E-state index contributed by atoms with van der Waals surface area (Å²) in [5, 5.41) is 7.55. The lowest BCUT2D eigenvalue weighted by Crippen LogP contribution is -2.34. The molecule has 2 aromatic heterocycles. The molecule has 0 aromatic carbocycles. The van der Waals surface area contributed by atoms with E-state index in [0.717, 1.165) is 0 Å². The predicted molar refractivity (Wildman–Crippen MR) is 74.6 cm³/mol. The fraction of sp³-hybridized carbons (Fsp3) is 0.500. The minimum absolute atomic E-state index is 0.307. The lowest BCUT2D eigenvalue weighted by atomic mass is 10.2. The summed E-state index contributed by atoms with van der Waals surface area (Å²) in [6, 6.07) is 0.307. The van der Waals surface area contributed by atoms with Gasteiger partial charge in [-0.25, -0.2) is 14.3 Å². The Kier molecular flexibility index (Phi) is 2.73. The van der Waals surface area contributed by atoms with E-state index in [9.17, 15) is 4.79 Å². The quantitative estimate of drug-likeness (QED) is 0.862. The van der Waals surface area contributed by atoms with Gasteiger partial charge < -0.3 is 14.8 Å². The van der Waals surface area contributed by atoms with E-state index in [2.05, 4.69) is 15.4 Å². The van der Waals surface area contributed by atoms with Crippen LogP contribution in [0.2, 0.25) is 0 Å². The number of fused-ring (bicyclic) bond motifs is 2. The van der Waals surface area contributed by atoms with Gasteiger partial charge in [-0.2, -0.15) is 5.10 Å². The second-order valence-corrected chi connectivity index (χ2v) is 5.40. The molecular formula is C14H16N4O3. The summed E-state index contributed by atoms with van der Waals surface area (Å²) in [7, 11) is 0. The van der Waals surface area contributed by atoms with E-state index in [1.807, 2.05) is 0 Å². The highest BCUT2D eigenvalue weighted by Crippen LogP contribution is 2.38. The zero-order valence-electron chi connectivity index (χ0n) is 11.7. The normalized spacial score (nSPS) is 20.5. The van der Waals surface area contributed by atoms with Crippen molar-refractivity contribution in [3.8, 4) is 5.75 Å². The standard InChI is InChI=1S/C14H16N4O3/c1-2-20-14(19)9-5-15-18-6-11-12(17-13(9)18)16-10(7-21-11)8-3-4-8/h5-6,8,10H,2-4,7H2,1H3,(H,16,17)/t10-/m0/s1. The molecule has 3 heterocycles. The number of carbonyl (C=O) groups is 1. The number of hydrogen-bond acceptors (Lipinski definition) is 6. The Balaban J connectivity index is 1.72. The summed E-state index contributed by atoms with van der Waals surface area (Å²) in [6.45, 7) is 2.75. The van der Waals surface area contributed by atoms with E-state index in [-0.39, 0.29) is 0 Å². The van der Waals surface area contributed by atoms with Crippen LogP contribution in [-0.2, 0) is 4.74 Å². The number of esters is 1. The van der Waals surface area contributed by atoms with Gasteiger partial charge in [-0.05, 0) is 25.7 Å². The number of carbonyl (C=O) groups excluding carboxylic acids is 1. The van der Waals surface area contributed by atoms with Crippen LogP contribution in [0.3, 0.4) is 0 Å². The lowest BCUT2D eigenvalue weighted by molar-refractivity contribution is 0.0528. The molecule has 0 bridgehead atoms. The zero-order valence-corrected chi connectivity index (χ0v) is 11.7. The van der Waals surface area contributed by atoms with E-state index in [0.29, 0.717) is 48.0 Å². The van der Waals surface area contributed by atoms with Crippen molar-refractivity contribution < 1.29 is 14.3 Å². The highest BCUT2D eigenvalue weighted by atomic mass is 16.5. The molecule has 0 amide bonds. The van der Waals surface area contributed by atoms with Crippen molar-refractivity contribution in [1.82, 2.24) is 14.6 Å². The van der Waals surface area contributed by atoms with Crippen molar-refractivity contribution in [3.05, 3.63) is 18.0 Å². The molecule has 0 unspecified atom stereocenters. The average Bonchev–Trinajstić information content (AvgIpc) is 3.25. The molecule has 1 saturated carbocycles. The highest BCUT2D eigenvalue weighted by molar-refractivity contribution is 5.95. The SMILES string of the molecule is CCOC(=O)c1cnn2cc3c(nc12)N[C@H](C1CC1)CO3. The van der Waals surface area contributed by atoms with Crippen LogP contribution in [0.25, 0.3) is 5.65 Å². The fourth-order valence-electron chi connectivity index (χ4n) is 2.61. The van der Waals surface area contributed by atoms with Crippen LogP contribution in [0, 0.1) is 5.92 Å². The van der Waals surface area contributed by atoms with Crippen molar-refractivity contribution in [2.75, 3.05) is 18.5 Å². The minimum Gasteiger partial charge on any atom is -0.486 e. The predicted octanol–water partition coefficient (Wildman–Crippen LogP) is 1.49.